The number of aliphatic imine (C=N–C) groups is 1. The van der Waals surface area contributed by atoms with E-state index in [0.29, 0.717) is 28.1 Å². The first-order valence-corrected chi connectivity index (χ1v) is 13.3. The Morgan fingerprint density at radius 2 is 1.16 bits per heavy atom. The van der Waals surface area contributed by atoms with E-state index in [1.807, 2.05) is 0 Å². The lowest BCUT2D eigenvalue weighted by atomic mass is 10.1. The largest absolute Gasteiger partial charge is 0.423 e. The van der Waals surface area contributed by atoms with Crippen LogP contribution in [0.15, 0.2) is 132 Å². The lowest BCUT2D eigenvalue weighted by Crippen LogP contribution is -2.35. The first-order valence-electron chi connectivity index (χ1n) is 13.3. The average molecular weight is 593 g/mol. The Balaban J connectivity index is 1.27. The Bertz CT molecular complexity index is 1840. The molecule has 0 atom stereocenters. The van der Waals surface area contributed by atoms with E-state index in [4.69, 9.17) is 9.47 Å². The molecule has 0 unspecified atom stereocenters. The molecule has 0 saturated heterocycles. The number of carbonyl (C=O) groups is 2. The number of esters is 2. The van der Waals surface area contributed by atoms with Gasteiger partial charge in [-0.25, -0.2) is 19.6 Å². The van der Waals surface area contributed by atoms with Gasteiger partial charge in [-0.05, 0) is 91.0 Å². The molecular formula is C34H21F3N3O4. The van der Waals surface area contributed by atoms with Gasteiger partial charge in [0.15, 0.2) is 5.84 Å². The molecule has 5 aromatic carbocycles. The summed E-state index contributed by atoms with van der Waals surface area (Å²) in [5.41, 5.74) is 5.81. The van der Waals surface area contributed by atoms with E-state index in [1.165, 1.54) is 23.2 Å². The van der Waals surface area contributed by atoms with Crippen molar-refractivity contribution >= 4 is 34.8 Å². The Kier molecular flexibility index (Phi) is 7.55. The zero-order valence-electron chi connectivity index (χ0n) is 22.7. The topological polar surface area (TPSA) is 82.3 Å². The Morgan fingerprint density at radius 3 is 1.68 bits per heavy atom. The maximum absolute atomic E-state index is 13.6. The van der Waals surface area contributed by atoms with Crippen molar-refractivity contribution in [3.63, 3.8) is 0 Å². The van der Waals surface area contributed by atoms with E-state index in [2.05, 4.69) is 10.4 Å². The third-order valence-corrected chi connectivity index (χ3v) is 6.59. The normalized spacial score (nSPS) is 12.4. The van der Waals surface area contributed by atoms with Crippen molar-refractivity contribution < 1.29 is 32.2 Å². The first kappa shape index (κ1) is 28.2. The van der Waals surface area contributed by atoms with E-state index in [0.717, 1.165) is 12.1 Å². The minimum atomic E-state index is -4.58. The van der Waals surface area contributed by atoms with Crippen LogP contribution < -0.4 is 19.9 Å². The predicted octanol–water partition coefficient (Wildman–Crippen LogP) is 7.89. The highest BCUT2D eigenvalue weighted by Crippen LogP contribution is 2.41. The fraction of sp³-hybridized carbons (Fsp3) is 0.0294. The van der Waals surface area contributed by atoms with Gasteiger partial charge in [-0.3, -0.25) is 0 Å². The molecule has 0 spiro atoms. The molecule has 1 aliphatic rings. The number of fused-ring (bicyclic) bond motifs is 1. The second-order valence-electron chi connectivity index (χ2n) is 9.58. The molecule has 217 valence electrons. The van der Waals surface area contributed by atoms with Crippen LogP contribution in [0.4, 0.5) is 30.2 Å². The summed E-state index contributed by atoms with van der Waals surface area (Å²) in [4.78, 5) is 29.4. The van der Waals surface area contributed by atoms with Crippen LogP contribution in [-0.4, -0.2) is 17.8 Å². The second kappa shape index (κ2) is 11.8. The number of alkyl halides is 3. The molecule has 44 heavy (non-hydrogen) atoms. The Labute approximate surface area is 249 Å². The highest BCUT2D eigenvalue weighted by molar-refractivity contribution is 6.05. The molecule has 0 aromatic heterocycles. The standard InChI is InChI=1S/C34H21F3N3O4/c35-34(36,37)25-13-20-29-30(21-25)40(26-14-18-28(19-15-26)44-33(42)24-9-5-2-6-10-24)39-31(38-29)22-11-16-27(17-12-22)43-32(41)23-7-3-1-4-8-23/h1-21H. The maximum Gasteiger partial charge on any atom is 0.416 e. The van der Waals surface area contributed by atoms with E-state index in [9.17, 15) is 22.8 Å². The highest BCUT2D eigenvalue weighted by atomic mass is 19.4. The number of carbonyl (C=O) groups excluding carboxylic acids is 2. The van der Waals surface area contributed by atoms with E-state index < -0.39 is 23.7 Å². The average Bonchev–Trinajstić information content (AvgIpc) is 3.05. The van der Waals surface area contributed by atoms with Gasteiger partial charge >= 0.3 is 18.1 Å². The molecule has 6 rings (SSSR count). The number of hydrogen-bond donors (Lipinski definition) is 0. The van der Waals surface area contributed by atoms with Crippen LogP contribution >= 0.6 is 0 Å². The van der Waals surface area contributed by atoms with Crippen LogP contribution in [0.25, 0.3) is 0 Å². The van der Waals surface area contributed by atoms with Crippen LogP contribution in [0.1, 0.15) is 31.8 Å². The van der Waals surface area contributed by atoms with Gasteiger partial charge in [0, 0.05) is 5.56 Å². The van der Waals surface area contributed by atoms with Gasteiger partial charge in [-0.1, -0.05) is 36.4 Å². The summed E-state index contributed by atoms with van der Waals surface area (Å²) < 4.78 is 51.7. The SMILES string of the molecule is O=C(Oc1ccc(C2=Nc3ccc(C(F)(F)F)cc3N(c3ccc(OC(=O)c4ccccc4)cc3)[N]2)cc1)c1ccccc1. The molecule has 5 aromatic rings. The molecule has 0 bridgehead atoms. The molecule has 1 radical (unpaired) electrons. The number of anilines is 2. The molecule has 1 heterocycles. The van der Waals surface area contributed by atoms with Crippen molar-refractivity contribution in [1.29, 1.82) is 0 Å². The van der Waals surface area contributed by atoms with E-state index in [-0.39, 0.29) is 23.0 Å². The quantitative estimate of drug-likeness (QED) is 0.148. The van der Waals surface area contributed by atoms with Crippen molar-refractivity contribution in [2.75, 3.05) is 5.01 Å². The van der Waals surface area contributed by atoms with Gasteiger partial charge in [0.1, 0.15) is 11.5 Å². The summed E-state index contributed by atoms with van der Waals surface area (Å²) in [5.74, 6) is -0.298. The maximum atomic E-state index is 13.6. The molecular weight excluding hydrogens is 571 g/mol. The Morgan fingerprint density at radius 1 is 0.636 bits per heavy atom. The molecule has 0 fully saturated rings. The van der Waals surface area contributed by atoms with Gasteiger partial charge in [0.05, 0.1) is 33.8 Å². The lowest BCUT2D eigenvalue weighted by Gasteiger charge is -2.29. The third-order valence-electron chi connectivity index (χ3n) is 6.59. The number of ether oxygens (including phenoxy) is 2. The number of amidine groups is 1. The fourth-order valence-corrected chi connectivity index (χ4v) is 4.38. The smallest absolute Gasteiger partial charge is 0.416 e. The minimum Gasteiger partial charge on any atom is -0.423 e. The third kappa shape index (κ3) is 6.14. The van der Waals surface area contributed by atoms with Crippen LogP contribution in [0.2, 0.25) is 0 Å². The van der Waals surface area contributed by atoms with Gasteiger partial charge in [0.25, 0.3) is 0 Å². The predicted molar refractivity (Wildman–Crippen MR) is 158 cm³/mol. The van der Waals surface area contributed by atoms with Gasteiger partial charge in [-0.2, -0.15) is 13.2 Å². The number of rotatable bonds is 6. The molecule has 0 N–H and O–H groups in total. The van der Waals surface area contributed by atoms with Crippen LogP contribution in [0.3, 0.4) is 0 Å². The summed E-state index contributed by atoms with van der Waals surface area (Å²) in [6, 6.07) is 32.9. The zero-order chi connectivity index (χ0) is 30.7. The lowest BCUT2D eigenvalue weighted by molar-refractivity contribution is -0.137. The fourth-order valence-electron chi connectivity index (χ4n) is 4.38. The summed E-state index contributed by atoms with van der Waals surface area (Å²) in [5, 5.41) is 1.35. The van der Waals surface area contributed by atoms with Crippen LogP contribution in [0.5, 0.6) is 11.5 Å². The monoisotopic (exact) mass is 592 g/mol. The highest BCUT2D eigenvalue weighted by Gasteiger charge is 2.33. The van der Waals surface area contributed by atoms with Crippen LogP contribution in [0, 0.1) is 0 Å². The van der Waals surface area contributed by atoms with Gasteiger partial charge in [-0.15, -0.1) is 5.43 Å². The number of halogens is 3. The van der Waals surface area contributed by atoms with Crippen molar-refractivity contribution in [2.45, 2.75) is 6.18 Å². The van der Waals surface area contributed by atoms with Crippen molar-refractivity contribution in [2.24, 2.45) is 4.99 Å². The van der Waals surface area contributed by atoms with Crippen LogP contribution in [-0.2, 0) is 6.18 Å². The Hall–Kier alpha value is -5.90. The molecule has 0 saturated carbocycles. The molecule has 0 amide bonds. The van der Waals surface area contributed by atoms with Crippen molar-refractivity contribution in [3.05, 3.63) is 150 Å². The van der Waals surface area contributed by atoms with Crippen molar-refractivity contribution in [1.82, 2.24) is 5.43 Å². The van der Waals surface area contributed by atoms with E-state index >= 15 is 0 Å². The zero-order valence-corrected chi connectivity index (χ0v) is 22.7. The minimum absolute atomic E-state index is 0.117. The number of benzene rings is 5. The van der Waals surface area contributed by atoms with Crippen molar-refractivity contribution in [3.8, 4) is 11.5 Å². The summed E-state index contributed by atoms with van der Waals surface area (Å²) in [7, 11) is 0. The van der Waals surface area contributed by atoms with Gasteiger partial charge < -0.3 is 9.47 Å². The molecule has 10 heteroatoms. The number of hydrogen-bond acceptors (Lipinski definition) is 6. The molecule has 0 aliphatic carbocycles. The molecule has 1 aliphatic heterocycles. The first-order chi connectivity index (χ1) is 21.2. The number of nitrogens with zero attached hydrogens (tertiary/aromatic N) is 3. The van der Waals surface area contributed by atoms with E-state index in [1.54, 1.807) is 97.1 Å². The molecule has 7 nitrogen and oxygen atoms in total. The van der Waals surface area contributed by atoms with Gasteiger partial charge in [0.2, 0.25) is 0 Å². The summed E-state index contributed by atoms with van der Waals surface area (Å²) >= 11 is 0. The summed E-state index contributed by atoms with van der Waals surface area (Å²) in [6.45, 7) is 0. The second-order valence-corrected chi connectivity index (χ2v) is 9.58. The summed E-state index contributed by atoms with van der Waals surface area (Å²) in [6.07, 6.45) is -4.58.